The van der Waals surface area contributed by atoms with Gasteiger partial charge in [0.05, 0.1) is 12.0 Å². The number of rotatable bonds is 5. The SMILES string of the molecule is COCC1(C(=O)N2CCN(Cc3ccccc3)C(C)(C)C2)CCNCC1.Cl.Cl. The van der Waals surface area contributed by atoms with Crippen molar-refractivity contribution in [3.8, 4) is 0 Å². The maximum atomic E-state index is 13.4. The van der Waals surface area contributed by atoms with Gasteiger partial charge in [-0.2, -0.15) is 0 Å². The number of piperazine rings is 1. The Labute approximate surface area is 182 Å². The van der Waals surface area contributed by atoms with Crippen LogP contribution >= 0.6 is 24.8 Å². The summed E-state index contributed by atoms with van der Waals surface area (Å²) in [6, 6.07) is 10.6. The zero-order valence-corrected chi connectivity index (χ0v) is 18.9. The minimum atomic E-state index is -0.350. The fourth-order valence-electron chi connectivity index (χ4n) is 4.40. The number of methoxy groups -OCH3 is 1. The molecular weight excluding hydrogens is 397 g/mol. The molecule has 2 saturated heterocycles. The predicted molar refractivity (Wildman–Crippen MR) is 118 cm³/mol. The van der Waals surface area contributed by atoms with Crippen LogP contribution in [0.1, 0.15) is 32.3 Å². The Balaban J connectivity index is 0.00000196. The number of halogens is 2. The van der Waals surface area contributed by atoms with Crippen LogP contribution < -0.4 is 5.32 Å². The molecule has 0 atom stereocenters. The van der Waals surface area contributed by atoms with Crippen molar-refractivity contribution in [1.29, 1.82) is 0 Å². The molecule has 7 heteroatoms. The Morgan fingerprint density at radius 3 is 2.32 bits per heavy atom. The molecule has 5 nitrogen and oxygen atoms in total. The topological polar surface area (TPSA) is 44.8 Å². The molecule has 160 valence electrons. The van der Waals surface area contributed by atoms with E-state index >= 15 is 0 Å². The largest absolute Gasteiger partial charge is 0.384 e. The van der Waals surface area contributed by atoms with E-state index in [2.05, 4.69) is 59.3 Å². The van der Waals surface area contributed by atoms with Crippen LogP contribution in [0.25, 0.3) is 0 Å². The van der Waals surface area contributed by atoms with Crippen molar-refractivity contribution in [1.82, 2.24) is 15.1 Å². The lowest BCUT2D eigenvalue weighted by Gasteiger charge is -2.50. The highest BCUT2D eigenvalue weighted by molar-refractivity contribution is 5.85. The van der Waals surface area contributed by atoms with Gasteiger partial charge in [0.25, 0.3) is 0 Å². The summed E-state index contributed by atoms with van der Waals surface area (Å²) >= 11 is 0. The molecule has 0 unspecified atom stereocenters. The van der Waals surface area contributed by atoms with Crippen LogP contribution in [-0.2, 0) is 16.1 Å². The molecule has 0 saturated carbocycles. The molecule has 2 aliphatic heterocycles. The van der Waals surface area contributed by atoms with Crippen molar-refractivity contribution in [2.24, 2.45) is 5.41 Å². The lowest BCUT2D eigenvalue weighted by atomic mass is 9.77. The molecule has 3 rings (SSSR count). The summed E-state index contributed by atoms with van der Waals surface area (Å²) in [6.45, 7) is 10.2. The maximum Gasteiger partial charge on any atom is 0.231 e. The van der Waals surface area contributed by atoms with Gasteiger partial charge in [0.1, 0.15) is 0 Å². The monoisotopic (exact) mass is 431 g/mol. The van der Waals surface area contributed by atoms with Crippen molar-refractivity contribution in [2.45, 2.75) is 38.8 Å². The van der Waals surface area contributed by atoms with E-state index in [0.29, 0.717) is 6.61 Å². The molecule has 2 aliphatic rings. The van der Waals surface area contributed by atoms with E-state index in [9.17, 15) is 4.79 Å². The first-order valence-corrected chi connectivity index (χ1v) is 9.75. The molecule has 0 aliphatic carbocycles. The van der Waals surface area contributed by atoms with E-state index < -0.39 is 0 Å². The average molecular weight is 432 g/mol. The predicted octanol–water partition coefficient (Wildman–Crippen LogP) is 2.97. The van der Waals surface area contributed by atoms with E-state index in [1.54, 1.807) is 7.11 Å². The molecule has 0 aromatic heterocycles. The second-order valence-electron chi connectivity index (χ2n) is 8.41. The van der Waals surface area contributed by atoms with Gasteiger partial charge in [0.2, 0.25) is 5.91 Å². The van der Waals surface area contributed by atoms with Gasteiger partial charge in [-0.25, -0.2) is 0 Å². The van der Waals surface area contributed by atoms with Gasteiger partial charge in [-0.1, -0.05) is 30.3 Å². The molecule has 1 N–H and O–H groups in total. The standard InChI is InChI=1S/C21H33N3O2.2ClH/c1-20(2)16-23(13-14-24(20)15-18-7-5-4-6-8-18)19(25)21(17-26-3)9-11-22-12-10-21;;/h4-8,22H,9-17H2,1-3H3;2*1H. The fraction of sp³-hybridized carbons (Fsp3) is 0.667. The first-order valence-electron chi connectivity index (χ1n) is 9.75. The number of piperidine rings is 1. The summed E-state index contributed by atoms with van der Waals surface area (Å²) in [5.74, 6) is 0.285. The highest BCUT2D eigenvalue weighted by Crippen LogP contribution is 2.34. The number of hydrogen-bond donors (Lipinski definition) is 1. The minimum Gasteiger partial charge on any atom is -0.384 e. The highest BCUT2D eigenvalue weighted by Gasteiger charge is 2.45. The Morgan fingerprint density at radius 2 is 1.75 bits per heavy atom. The van der Waals surface area contributed by atoms with Gasteiger partial charge >= 0.3 is 0 Å². The lowest BCUT2D eigenvalue weighted by molar-refractivity contribution is -0.153. The van der Waals surface area contributed by atoms with E-state index in [0.717, 1.165) is 52.1 Å². The third-order valence-corrected chi connectivity index (χ3v) is 6.01. The van der Waals surface area contributed by atoms with Crippen LogP contribution in [0.15, 0.2) is 30.3 Å². The zero-order chi connectivity index (χ0) is 18.6. The van der Waals surface area contributed by atoms with Crippen LogP contribution in [0, 0.1) is 5.41 Å². The summed E-state index contributed by atoms with van der Waals surface area (Å²) in [7, 11) is 1.71. The van der Waals surface area contributed by atoms with Crippen molar-refractivity contribution >= 4 is 30.7 Å². The van der Waals surface area contributed by atoms with Crippen LogP contribution in [0.5, 0.6) is 0 Å². The molecule has 1 amide bonds. The number of nitrogens with one attached hydrogen (secondary N) is 1. The summed E-state index contributed by atoms with van der Waals surface area (Å²) in [5, 5.41) is 3.37. The highest BCUT2D eigenvalue weighted by atomic mass is 35.5. The molecule has 28 heavy (non-hydrogen) atoms. The maximum absolute atomic E-state index is 13.4. The van der Waals surface area contributed by atoms with Crippen LogP contribution in [-0.4, -0.2) is 67.7 Å². The van der Waals surface area contributed by atoms with Crippen molar-refractivity contribution in [3.05, 3.63) is 35.9 Å². The average Bonchev–Trinajstić information content (AvgIpc) is 2.64. The fourth-order valence-corrected chi connectivity index (χ4v) is 4.40. The van der Waals surface area contributed by atoms with Crippen LogP contribution in [0.4, 0.5) is 0 Å². The van der Waals surface area contributed by atoms with Crippen molar-refractivity contribution in [3.63, 3.8) is 0 Å². The van der Waals surface area contributed by atoms with Gasteiger partial charge < -0.3 is 15.0 Å². The van der Waals surface area contributed by atoms with Crippen LogP contribution in [0.3, 0.4) is 0 Å². The first-order chi connectivity index (χ1) is 12.5. The Hall–Kier alpha value is -0.850. The Bertz CT molecular complexity index is 601. The molecule has 0 bridgehead atoms. The van der Waals surface area contributed by atoms with E-state index in [1.807, 2.05) is 0 Å². The van der Waals surface area contributed by atoms with Crippen molar-refractivity contribution < 1.29 is 9.53 Å². The summed E-state index contributed by atoms with van der Waals surface area (Å²) in [6.07, 6.45) is 1.73. The van der Waals surface area contributed by atoms with E-state index in [4.69, 9.17) is 4.74 Å². The number of amides is 1. The normalized spacial score (nSPS) is 21.3. The molecular formula is C21H35Cl2N3O2. The minimum absolute atomic E-state index is 0. The Kier molecular flexibility index (Phi) is 9.71. The molecule has 0 spiro atoms. The first kappa shape index (κ1) is 25.2. The number of hydrogen-bond acceptors (Lipinski definition) is 4. The second-order valence-corrected chi connectivity index (χ2v) is 8.41. The van der Waals surface area contributed by atoms with Crippen molar-refractivity contribution in [2.75, 3.05) is 46.4 Å². The van der Waals surface area contributed by atoms with Gasteiger partial charge in [0.15, 0.2) is 0 Å². The summed E-state index contributed by atoms with van der Waals surface area (Å²) in [4.78, 5) is 18.0. The van der Waals surface area contributed by atoms with E-state index in [-0.39, 0.29) is 41.7 Å². The molecule has 0 radical (unpaired) electrons. The number of nitrogens with zero attached hydrogens (tertiary/aromatic N) is 2. The Morgan fingerprint density at radius 1 is 1.11 bits per heavy atom. The number of carbonyl (C=O) groups excluding carboxylic acids is 1. The molecule has 1 aromatic carbocycles. The molecule has 2 heterocycles. The van der Waals surface area contributed by atoms with Gasteiger partial charge in [-0.15, -0.1) is 24.8 Å². The van der Waals surface area contributed by atoms with Gasteiger partial charge in [0, 0.05) is 38.8 Å². The lowest BCUT2D eigenvalue weighted by Crippen LogP contribution is -2.63. The summed E-state index contributed by atoms with van der Waals surface area (Å²) < 4.78 is 5.46. The smallest absolute Gasteiger partial charge is 0.231 e. The number of carbonyl (C=O) groups is 1. The quantitative estimate of drug-likeness (QED) is 0.777. The zero-order valence-electron chi connectivity index (χ0n) is 17.3. The molecule has 1 aromatic rings. The molecule has 2 fully saturated rings. The third-order valence-electron chi connectivity index (χ3n) is 6.01. The van der Waals surface area contributed by atoms with Gasteiger partial charge in [-0.05, 0) is 45.3 Å². The summed E-state index contributed by atoms with van der Waals surface area (Å²) in [5.41, 5.74) is 0.942. The number of ether oxygens (including phenoxy) is 1. The van der Waals surface area contributed by atoms with Crippen LogP contribution in [0.2, 0.25) is 0 Å². The van der Waals surface area contributed by atoms with E-state index in [1.165, 1.54) is 5.56 Å². The third kappa shape index (κ3) is 5.61. The van der Waals surface area contributed by atoms with Gasteiger partial charge in [-0.3, -0.25) is 9.69 Å². The second kappa shape index (κ2) is 10.8. The number of benzene rings is 1.